The second-order valence-electron chi connectivity index (χ2n) is 5.45. The Bertz CT molecular complexity index is 832. The van der Waals surface area contributed by atoms with Crippen molar-refractivity contribution in [3.63, 3.8) is 0 Å². The zero-order valence-electron chi connectivity index (χ0n) is 12.2. The van der Waals surface area contributed by atoms with Gasteiger partial charge in [0.05, 0.1) is 0 Å². The van der Waals surface area contributed by atoms with Crippen molar-refractivity contribution in [3.05, 3.63) is 58.0 Å². The van der Waals surface area contributed by atoms with E-state index in [-0.39, 0.29) is 0 Å². The molecule has 1 aliphatic rings. The third-order valence-electron chi connectivity index (χ3n) is 3.98. The maximum Gasteiger partial charge on any atom is -0.00300 e. The minimum Gasteiger partial charge on any atom is -0.0984 e. The topological polar surface area (TPSA) is 0 Å². The molecular formula is C20H20. The van der Waals surface area contributed by atoms with Gasteiger partial charge in [-0.15, -0.1) is 0 Å². The lowest BCUT2D eigenvalue weighted by Crippen LogP contribution is -2.13. The summed E-state index contributed by atoms with van der Waals surface area (Å²) in [5, 5.41) is 5.39. The van der Waals surface area contributed by atoms with Crippen LogP contribution in [0.4, 0.5) is 0 Å². The maximum absolute atomic E-state index is 3.98. The maximum atomic E-state index is 3.98. The number of hydrogen-bond donors (Lipinski definition) is 0. The van der Waals surface area contributed by atoms with E-state index in [9.17, 15) is 0 Å². The minimum atomic E-state index is 1.03. The van der Waals surface area contributed by atoms with Crippen LogP contribution in [0.3, 0.4) is 0 Å². The Labute approximate surface area is 120 Å². The molecule has 0 N–H and O–H groups in total. The first-order valence-corrected chi connectivity index (χ1v) is 7.30. The minimum absolute atomic E-state index is 1.03. The fourth-order valence-electron chi connectivity index (χ4n) is 3.05. The van der Waals surface area contributed by atoms with Gasteiger partial charge < -0.3 is 0 Å². The Hall–Kier alpha value is -2.08. The largest absolute Gasteiger partial charge is 0.0984 e. The van der Waals surface area contributed by atoms with E-state index in [0.29, 0.717) is 0 Å². The number of rotatable bonds is 2. The first-order chi connectivity index (χ1) is 9.74. The van der Waals surface area contributed by atoms with E-state index in [1.165, 1.54) is 37.9 Å². The van der Waals surface area contributed by atoms with Crippen LogP contribution < -0.4 is 10.4 Å². The molecule has 0 spiro atoms. The second-order valence-corrected chi connectivity index (χ2v) is 5.45. The molecule has 0 aliphatic heterocycles. The Kier molecular flexibility index (Phi) is 3.31. The van der Waals surface area contributed by atoms with Crippen molar-refractivity contribution in [2.75, 3.05) is 0 Å². The van der Waals surface area contributed by atoms with Gasteiger partial charge in [-0.3, -0.25) is 0 Å². The molecule has 0 fully saturated rings. The molecule has 2 aromatic carbocycles. The number of hydrogen-bond acceptors (Lipinski definition) is 0. The summed E-state index contributed by atoms with van der Waals surface area (Å²) in [4.78, 5) is 0. The van der Waals surface area contributed by atoms with Gasteiger partial charge in [0.25, 0.3) is 0 Å². The summed E-state index contributed by atoms with van der Waals surface area (Å²) in [5.74, 6) is 0. The van der Waals surface area contributed by atoms with Crippen molar-refractivity contribution >= 4 is 35.1 Å². The van der Waals surface area contributed by atoms with E-state index in [2.05, 4.69) is 62.9 Å². The van der Waals surface area contributed by atoms with Gasteiger partial charge >= 0.3 is 0 Å². The van der Waals surface area contributed by atoms with Crippen molar-refractivity contribution in [1.29, 1.82) is 0 Å². The van der Waals surface area contributed by atoms with Gasteiger partial charge in [0.2, 0.25) is 0 Å². The van der Waals surface area contributed by atoms with Crippen LogP contribution in [0.1, 0.15) is 37.8 Å². The van der Waals surface area contributed by atoms with Crippen LogP contribution in [0.25, 0.3) is 35.1 Å². The van der Waals surface area contributed by atoms with Gasteiger partial charge in [-0.1, -0.05) is 67.6 Å². The summed E-state index contributed by atoms with van der Waals surface area (Å²) in [6, 6.07) is 8.92. The van der Waals surface area contributed by atoms with Gasteiger partial charge in [-0.2, -0.15) is 0 Å². The molecule has 0 atom stereocenters. The van der Waals surface area contributed by atoms with E-state index in [0.717, 1.165) is 12.8 Å². The molecule has 0 heteroatoms. The highest BCUT2D eigenvalue weighted by molar-refractivity contribution is 5.98. The molecule has 0 aromatic heterocycles. The van der Waals surface area contributed by atoms with Gasteiger partial charge in [-0.05, 0) is 52.1 Å². The van der Waals surface area contributed by atoms with Crippen molar-refractivity contribution in [1.82, 2.24) is 0 Å². The van der Waals surface area contributed by atoms with E-state index in [1.807, 2.05) is 6.08 Å². The summed E-state index contributed by atoms with van der Waals surface area (Å²) >= 11 is 0. The molecule has 100 valence electrons. The summed E-state index contributed by atoms with van der Waals surface area (Å²) in [7, 11) is 0. The highest BCUT2D eigenvalue weighted by atomic mass is 14.1. The molecular weight excluding hydrogens is 240 g/mol. The fourth-order valence-corrected chi connectivity index (χ4v) is 3.05. The summed E-state index contributed by atoms with van der Waals surface area (Å²) in [5.41, 5.74) is 3.97. The molecule has 0 heterocycles. The van der Waals surface area contributed by atoms with Gasteiger partial charge in [0.15, 0.2) is 0 Å². The highest BCUT2D eigenvalue weighted by Crippen LogP contribution is 2.23. The first kappa shape index (κ1) is 12.9. The highest BCUT2D eigenvalue weighted by Gasteiger charge is 2.08. The van der Waals surface area contributed by atoms with Crippen LogP contribution in [0, 0.1) is 0 Å². The molecule has 3 rings (SSSR count). The molecule has 2 aromatic rings. The van der Waals surface area contributed by atoms with Crippen LogP contribution in [-0.2, 0) is 0 Å². The zero-order chi connectivity index (χ0) is 14.1. The quantitative estimate of drug-likeness (QED) is 0.757. The standard InChI is InChI=1S/C20H20/c1-4-6-16-10-11-17-8-7-14(3)13-18-12-9-15(5-2)19(16)20(17)18/h5-6,8-13H,2,4,7H2,1,3H3/b16-6-. The zero-order valence-corrected chi connectivity index (χ0v) is 12.2. The van der Waals surface area contributed by atoms with E-state index < -0.39 is 0 Å². The third-order valence-corrected chi connectivity index (χ3v) is 3.98. The SMILES string of the molecule is C=Cc1ccc2c3c(cc/c(=C/CC)c13)=CCC(C)=C2. The summed E-state index contributed by atoms with van der Waals surface area (Å²) < 4.78 is 0. The van der Waals surface area contributed by atoms with Gasteiger partial charge in [0, 0.05) is 0 Å². The average Bonchev–Trinajstić information content (AvgIpc) is 2.62. The number of benzene rings is 2. The first-order valence-electron chi connectivity index (χ1n) is 7.30. The van der Waals surface area contributed by atoms with E-state index in [1.54, 1.807) is 0 Å². The van der Waals surface area contributed by atoms with Gasteiger partial charge in [-0.25, -0.2) is 0 Å². The van der Waals surface area contributed by atoms with Crippen molar-refractivity contribution < 1.29 is 0 Å². The Morgan fingerprint density at radius 1 is 1.15 bits per heavy atom. The molecule has 0 amide bonds. The van der Waals surface area contributed by atoms with Crippen LogP contribution in [0.15, 0.2) is 36.4 Å². The Balaban J connectivity index is 2.60. The Morgan fingerprint density at radius 3 is 2.75 bits per heavy atom. The third kappa shape index (κ3) is 2.02. The Morgan fingerprint density at radius 2 is 2.00 bits per heavy atom. The van der Waals surface area contributed by atoms with E-state index in [4.69, 9.17) is 0 Å². The molecule has 20 heavy (non-hydrogen) atoms. The average molecular weight is 260 g/mol. The molecule has 0 saturated heterocycles. The van der Waals surface area contributed by atoms with Crippen molar-refractivity contribution in [2.24, 2.45) is 0 Å². The monoisotopic (exact) mass is 260 g/mol. The smallest absolute Gasteiger partial charge is 0.00300 e. The predicted octanol–water partition coefficient (Wildman–Crippen LogP) is 4.26. The normalized spacial score (nSPS) is 14.7. The van der Waals surface area contributed by atoms with E-state index >= 15 is 0 Å². The van der Waals surface area contributed by atoms with Crippen LogP contribution in [0.5, 0.6) is 0 Å². The van der Waals surface area contributed by atoms with Crippen LogP contribution in [0.2, 0.25) is 0 Å². The van der Waals surface area contributed by atoms with Crippen LogP contribution >= 0.6 is 0 Å². The lowest BCUT2D eigenvalue weighted by molar-refractivity contribution is 1.29. The lowest BCUT2D eigenvalue weighted by Gasteiger charge is -2.08. The van der Waals surface area contributed by atoms with Gasteiger partial charge in [0.1, 0.15) is 0 Å². The molecule has 1 aliphatic carbocycles. The lowest BCUT2D eigenvalue weighted by atomic mass is 9.95. The molecule has 0 bridgehead atoms. The fraction of sp³-hybridized carbons (Fsp3) is 0.200. The summed E-state index contributed by atoms with van der Waals surface area (Å²) in [6.07, 6.45) is 11.0. The molecule has 0 saturated carbocycles. The molecule has 0 unspecified atom stereocenters. The molecule has 0 radical (unpaired) electrons. The predicted molar refractivity (Wildman–Crippen MR) is 90.8 cm³/mol. The van der Waals surface area contributed by atoms with Crippen molar-refractivity contribution in [3.8, 4) is 0 Å². The molecule has 0 nitrogen and oxygen atoms in total. The summed E-state index contributed by atoms with van der Waals surface area (Å²) in [6.45, 7) is 8.37. The van der Waals surface area contributed by atoms with Crippen LogP contribution in [-0.4, -0.2) is 0 Å². The number of allylic oxidation sites excluding steroid dienone is 1. The second kappa shape index (κ2) is 5.13. The van der Waals surface area contributed by atoms with Crippen molar-refractivity contribution in [2.45, 2.75) is 26.7 Å².